The largest absolute Gasteiger partial charge is 0.493 e. The van der Waals surface area contributed by atoms with E-state index in [9.17, 15) is 9.59 Å². The van der Waals surface area contributed by atoms with Gasteiger partial charge in [-0.3, -0.25) is 9.59 Å². The van der Waals surface area contributed by atoms with Crippen molar-refractivity contribution in [3.8, 4) is 11.5 Å². The summed E-state index contributed by atoms with van der Waals surface area (Å²) >= 11 is 0. The smallest absolute Gasteiger partial charge is 0.223 e. The Bertz CT molecular complexity index is 574. The van der Waals surface area contributed by atoms with Gasteiger partial charge in [-0.25, -0.2) is 0 Å². The molecule has 2 rings (SSSR count). The van der Waals surface area contributed by atoms with Crippen LogP contribution in [0.3, 0.4) is 0 Å². The molecule has 1 saturated heterocycles. The Hall–Kier alpha value is -2.08. The average Bonchev–Trinajstić information content (AvgIpc) is 2.59. The minimum Gasteiger partial charge on any atom is -0.493 e. The van der Waals surface area contributed by atoms with Crippen molar-refractivity contribution in [3.63, 3.8) is 0 Å². The predicted octanol–water partition coefficient (Wildman–Crippen LogP) is 1.49. The van der Waals surface area contributed by atoms with Crippen molar-refractivity contribution < 1.29 is 19.1 Å². The molecule has 1 aromatic carbocycles. The quantitative estimate of drug-likeness (QED) is 0.804. The lowest BCUT2D eigenvalue weighted by Crippen LogP contribution is -2.52. The fraction of sp³-hybridized carbons (Fsp3) is 0.529. The molecule has 1 aromatic rings. The van der Waals surface area contributed by atoms with E-state index < -0.39 is 0 Å². The number of hydrogen-bond donors (Lipinski definition) is 1. The van der Waals surface area contributed by atoms with Crippen molar-refractivity contribution >= 4 is 11.7 Å². The Balaban J connectivity index is 1.95. The lowest BCUT2D eigenvalue weighted by Gasteiger charge is -2.34. The van der Waals surface area contributed by atoms with E-state index in [-0.39, 0.29) is 30.6 Å². The van der Waals surface area contributed by atoms with E-state index >= 15 is 0 Å². The molecule has 126 valence electrons. The van der Waals surface area contributed by atoms with Gasteiger partial charge in [0.2, 0.25) is 5.91 Å². The Morgan fingerprint density at radius 3 is 2.61 bits per heavy atom. The first-order chi connectivity index (χ1) is 11.1. The molecule has 1 aliphatic rings. The molecule has 23 heavy (non-hydrogen) atoms. The van der Waals surface area contributed by atoms with E-state index in [0.717, 1.165) is 13.1 Å². The highest BCUT2D eigenvalue weighted by Crippen LogP contribution is 2.28. The molecule has 1 amide bonds. The van der Waals surface area contributed by atoms with Crippen LogP contribution in [-0.4, -0.2) is 56.5 Å². The molecule has 0 aliphatic carbocycles. The van der Waals surface area contributed by atoms with E-state index in [1.165, 1.54) is 7.11 Å². The molecule has 6 nitrogen and oxygen atoms in total. The number of rotatable bonds is 6. The maximum atomic E-state index is 12.3. The van der Waals surface area contributed by atoms with Crippen LogP contribution < -0.4 is 14.8 Å². The molecule has 1 fully saturated rings. The molecule has 1 N–H and O–H groups in total. The third kappa shape index (κ3) is 4.22. The summed E-state index contributed by atoms with van der Waals surface area (Å²) in [4.78, 5) is 26.4. The number of Topliss-reactive ketones (excluding diaryl/α,β-unsaturated/α-hetero) is 1. The lowest BCUT2D eigenvalue weighted by atomic mass is 10.0. The molecule has 0 saturated carbocycles. The van der Waals surface area contributed by atoms with Crippen LogP contribution in [0.4, 0.5) is 0 Å². The average molecular weight is 320 g/mol. The number of piperazine rings is 1. The molecule has 1 heterocycles. The summed E-state index contributed by atoms with van der Waals surface area (Å²) in [5, 5.41) is 3.25. The van der Waals surface area contributed by atoms with Crippen LogP contribution in [0.15, 0.2) is 18.2 Å². The Morgan fingerprint density at radius 1 is 1.22 bits per heavy atom. The fourth-order valence-corrected chi connectivity index (χ4v) is 2.73. The van der Waals surface area contributed by atoms with Gasteiger partial charge >= 0.3 is 0 Å². The molecule has 1 atom stereocenters. The number of ether oxygens (including phenoxy) is 2. The van der Waals surface area contributed by atoms with E-state index in [2.05, 4.69) is 5.32 Å². The highest BCUT2D eigenvalue weighted by Gasteiger charge is 2.23. The molecular weight excluding hydrogens is 296 g/mol. The van der Waals surface area contributed by atoms with Crippen LogP contribution >= 0.6 is 0 Å². The van der Waals surface area contributed by atoms with Gasteiger partial charge in [-0.2, -0.15) is 0 Å². The second kappa shape index (κ2) is 7.97. The first kappa shape index (κ1) is 17.3. The maximum Gasteiger partial charge on any atom is 0.223 e. The van der Waals surface area contributed by atoms with E-state index in [1.807, 2.05) is 11.8 Å². The molecule has 0 aromatic heterocycles. The van der Waals surface area contributed by atoms with Gasteiger partial charge in [0.05, 0.1) is 14.2 Å². The number of ketones is 1. The fourth-order valence-electron chi connectivity index (χ4n) is 2.73. The number of nitrogens with zero attached hydrogens (tertiary/aromatic N) is 1. The second-order valence-corrected chi connectivity index (χ2v) is 5.63. The summed E-state index contributed by atoms with van der Waals surface area (Å²) in [5.74, 6) is 1.06. The molecular formula is C17H24N2O4. The lowest BCUT2D eigenvalue weighted by molar-refractivity contribution is -0.133. The standard InChI is InChI=1S/C17H24N2O4/c1-12-11-18-8-9-19(12)17(21)7-5-14(20)13-4-6-15(22-2)16(10-13)23-3/h4,6,10,12,18H,5,7-9,11H2,1-3H3/t12-/m0/s1. The van der Waals surface area contributed by atoms with Crippen LogP contribution in [0.25, 0.3) is 0 Å². The summed E-state index contributed by atoms with van der Waals surface area (Å²) in [6.07, 6.45) is 0.433. The van der Waals surface area contributed by atoms with Crippen molar-refractivity contribution in [2.24, 2.45) is 0 Å². The zero-order valence-corrected chi connectivity index (χ0v) is 13.9. The van der Waals surface area contributed by atoms with E-state index in [4.69, 9.17) is 9.47 Å². The predicted molar refractivity (Wildman–Crippen MR) is 87.2 cm³/mol. The van der Waals surface area contributed by atoms with Gasteiger partial charge in [0, 0.05) is 44.1 Å². The third-order valence-electron chi connectivity index (χ3n) is 4.09. The van der Waals surface area contributed by atoms with Gasteiger partial charge < -0.3 is 19.7 Å². The van der Waals surface area contributed by atoms with Gasteiger partial charge in [0.15, 0.2) is 17.3 Å². The summed E-state index contributed by atoms with van der Waals surface area (Å²) in [5.41, 5.74) is 0.531. The van der Waals surface area contributed by atoms with Crippen molar-refractivity contribution in [2.75, 3.05) is 33.9 Å². The molecule has 0 radical (unpaired) electrons. The Morgan fingerprint density at radius 2 is 1.96 bits per heavy atom. The van der Waals surface area contributed by atoms with Crippen LogP contribution in [0.2, 0.25) is 0 Å². The minimum atomic E-state index is -0.0675. The van der Waals surface area contributed by atoms with Gasteiger partial charge in [-0.15, -0.1) is 0 Å². The van der Waals surface area contributed by atoms with Gasteiger partial charge in [0.1, 0.15) is 0 Å². The summed E-state index contributed by atoms with van der Waals surface area (Å²) in [6.45, 7) is 4.32. The monoisotopic (exact) mass is 320 g/mol. The first-order valence-corrected chi connectivity index (χ1v) is 7.82. The zero-order chi connectivity index (χ0) is 16.8. The summed E-state index contributed by atoms with van der Waals surface area (Å²) < 4.78 is 10.4. The molecule has 0 spiro atoms. The molecule has 1 aliphatic heterocycles. The highest BCUT2D eigenvalue weighted by atomic mass is 16.5. The second-order valence-electron chi connectivity index (χ2n) is 5.63. The number of hydrogen-bond acceptors (Lipinski definition) is 5. The SMILES string of the molecule is COc1ccc(C(=O)CCC(=O)N2CCNC[C@@H]2C)cc1OC. The number of nitrogens with one attached hydrogen (secondary N) is 1. The minimum absolute atomic E-state index is 0.0350. The van der Waals surface area contributed by atoms with E-state index in [1.54, 1.807) is 25.3 Å². The van der Waals surface area contributed by atoms with Crippen LogP contribution in [-0.2, 0) is 4.79 Å². The number of methoxy groups -OCH3 is 2. The third-order valence-corrected chi connectivity index (χ3v) is 4.09. The normalized spacial score (nSPS) is 17.7. The van der Waals surface area contributed by atoms with Crippen LogP contribution in [0, 0.1) is 0 Å². The highest BCUT2D eigenvalue weighted by molar-refractivity contribution is 5.98. The number of benzene rings is 1. The van der Waals surface area contributed by atoms with Crippen LogP contribution in [0.5, 0.6) is 11.5 Å². The maximum absolute atomic E-state index is 12.3. The molecule has 0 unspecified atom stereocenters. The number of carbonyl (C=O) groups excluding carboxylic acids is 2. The van der Waals surface area contributed by atoms with Gasteiger partial charge in [0.25, 0.3) is 0 Å². The number of carbonyl (C=O) groups is 2. The summed E-state index contributed by atoms with van der Waals surface area (Å²) in [6, 6.07) is 5.22. The van der Waals surface area contributed by atoms with Crippen molar-refractivity contribution in [1.82, 2.24) is 10.2 Å². The summed E-state index contributed by atoms with van der Waals surface area (Å²) in [7, 11) is 3.08. The first-order valence-electron chi connectivity index (χ1n) is 7.82. The van der Waals surface area contributed by atoms with Gasteiger partial charge in [-0.05, 0) is 25.1 Å². The van der Waals surface area contributed by atoms with Crippen molar-refractivity contribution in [1.29, 1.82) is 0 Å². The van der Waals surface area contributed by atoms with Crippen molar-refractivity contribution in [3.05, 3.63) is 23.8 Å². The topological polar surface area (TPSA) is 67.9 Å². The Labute approximate surface area is 136 Å². The van der Waals surface area contributed by atoms with Crippen LogP contribution in [0.1, 0.15) is 30.1 Å². The Kier molecular flexibility index (Phi) is 5.98. The molecule has 6 heteroatoms. The van der Waals surface area contributed by atoms with Crippen molar-refractivity contribution in [2.45, 2.75) is 25.8 Å². The number of amides is 1. The molecule has 0 bridgehead atoms. The van der Waals surface area contributed by atoms with Gasteiger partial charge in [-0.1, -0.05) is 0 Å². The zero-order valence-electron chi connectivity index (χ0n) is 13.9. The van der Waals surface area contributed by atoms with E-state index in [0.29, 0.717) is 23.6 Å².